The molecule has 0 aliphatic rings. The van der Waals surface area contributed by atoms with Gasteiger partial charge in [-0.25, -0.2) is 4.57 Å². The first-order valence-electron chi connectivity index (χ1n) is 7.04. The fourth-order valence-corrected chi connectivity index (χ4v) is 3.05. The zero-order valence-corrected chi connectivity index (χ0v) is 14.7. The van der Waals surface area contributed by atoms with Crippen molar-refractivity contribution in [3.63, 3.8) is 0 Å². The van der Waals surface area contributed by atoms with Crippen LogP contribution in [-0.4, -0.2) is 13.2 Å². The van der Waals surface area contributed by atoms with Crippen LogP contribution in [0.25, 0.3) is 0 Å². The maximum Gasteiger partial charge on any atom is 0.530 e. The second kappa shape index (κ2) is 9.70. The van der Waals surface area contributed by atoms with Gasteiger partial charge in [-0.2, -0.15) is 0 Å². The molecule has 120 valence electrons. The van der Waals surface area contributed by atoms with Gasteiger partial charge in [0.2, 0.25) is 0 Å². The molecular weight excluding hydrogens is 334 g/mol. The molecule has 0 bridgehead atoms. The van der Waals surface area contributed by atoms with E-state index in [0.29, 0.717) is 23.3 Å². The highest BCUT2D eigenvalue weighted by molar-refractivity contribution is 7.48. The van der Waals surface area contributed by atoms with Gasteiger partial charge in [0.05, 0.1) is 18.2 Å². The van der Waals surface area contributed by atoms with Gasteiger partial charge in [-0.15, -0.1) is 0 Å². The summed E-state index contributed by atoms with van der Waals surface area (Å²) in [5, 5.41) is 0.737. The first-order valence-corrected chi connectivity index (χ1v) is 9.26. The summed E-state index contributed by atoms with van der Waals surface area (Å²) in [4.78, 5) is 0. The maximum atomic E-state index is 12.6. The van der Waals surface area contributed by atoms with Crippen molar-refractivity contribution in [2.75, 3.05) is 13.2 Å². The molecule has 1 aromatic carbocycles. The normalized spacial score (nSPS) is 11.6. The van der Waals surface area contributed by atoms with E-state index < -0.39 is 7.82 Å². The molecule has 0 saturated heterocycles. The van der Waals surface area contributed by atoms with E-state index in [1.54, 1.807) is 12.1 Å². The van der Waals surface area contributed by atoms with Crippen molar-refractivity contribution in [1.82, 2.24) is 0 Å². The van der Waals surface area contributed by atoms with Crippen LogP contribution in [0, 0.1) is 0 Å². The standard InChI is InChI=1S/C14H21Cl2O4P/c1-3-5-9-18-21(17,19-10-6-4-2)20-14-11-12(15)7-8-13(14)16/h7-8,11H,3-6,9-10H2,1-2H3. The fourth-order valence-electron chi connectivity index (χ4n) is 1.40. The Balaban J connectivity index is 2.79. The van der Waals surface area contributed by atoms with Crippen molar-refractivity contribution in [3.8, 4) is 5.75 Å². The molecule has 0 amide bonds. The van der Waals surface area contributed by atoms with Crippen LogP contribution < -0.4 is 4.52 Å². The molecule has 0 fully saturated rings. The average molecular weight is 355 g/mol. The summed E-state index contributed by atoms with van der Waals surface area (Å²) in [6.07, 6.45) is 3.39. The minimum Gasteiger partial charge on any atom is -0.402 e. The molecule has 7 heteroatoms. The lowest BCUT2D eigenvalue weighted by Crippen LogP contribution is -2.05. The van der Waals surface area contributed by atoms with Crippen molar-refractivity contribution < 1.29 is 18.1 Å². The first kappa shape index (κ1) is 18.8. The summed E-state index contributed by atoms with van der Waals surface area (Å²) in [5.74, 6) is 0.195. The quantitative estimate of drug-likeness (QED) is 0.375. The second-order valence-electron chi connectivity index (χ2n) is 4.49. The Kier molecular flexibility index (Phi) is 8.69. The molecule has 0 radical (unpaired) electrons. The van der Waals surface area contributed by atoms with Crippen LogP contribution in [0.5, 0.6) is 5.75 Å². The number of phosphoric ester groups is 1. The number of benzene rings is 1. The Morgan fingerprint density at radius 2 is 1.62 bits per heavy atom. The van der Waals surface area contributed by atoms with Gasteiger partial charge in [-0.3, -0.25) is 9.05 Å². The van der Waals surface area contributed by atoms with Crippen molar-refractivity contribution >= 4 is 31.0 Å². The van der Waals surface area contributed by atoms with Crippen molar-refractivity contribution in [2.45, 2.75) is 39.5 Å². The van der Waals surface area contributed by atoms with Gasteiger partial charge in [-0.1, -0.05) is 49.9 Å². The van der Waals surface area contributed by atoms with Crippen LogP contribution in [0.1, 0.15) is 39.5 Å². The van der Waals surface area contributed by atoms with Gasteiger partial charge >= 0.3 is 7.82 Å². The van der Waals surface area contributed by atoms with Gasteiger partial charge in [0, 0.05) is 11.1 Å². The van der Waals surface area contributed by atoms with Crippen molar-refractivity contribution in [1.29, 1.82) is 0 Å². The third kappa shape index (κ3) is 7.03. The van der Waals surface area contributed by atoms with E-state index >= 15 is 0 Å². The molecule has 1 aromatic rings. The lowest BCUT2D eigenvalue weighted by Gasteiger charge is -2.19. The molecule has 0 spiro atoms. The predicted octanol–water partition coefficient (Wildman–Crippen LogP) is 6.11. The topological polar surface area (TPSA) is 44.8 Å². The van der Waals surface area contributed by atoms with Crippen LogP contribution in [0.15, 0.2) is 18.2 Å². The zero-order chi connectivity index (χ0) is 15.7. The third-order valence-corrected chi connectivity index (χ3v) is 4.56. The van der Waals surface area contributed by atoms with Gasteiger partial charge in [-0.05, 0) is 25.0 Å². The summed E-state index contributed by atoms with van der Waals surface area (Å²) in [7, 11) is -3.69. The Morgan fingerprint density at radius 1 is 1.05 bits per heavy atom. The summed E-state index contributed by atoms with van der Waals surface area (Å²) in [6.45, 7) is 4.64. The van der Waals surface area contributed by atoms with E-state index in [-0.39, 0.29) is 5.75 Å². The fraction of sp³-hybridized carbons (Fsp3) is 0.571. The van der Waals surface area contributed by atoms with Crippen LogP contribution in [0.4, 0.5) is 0 Å². The van der Waals surface area contributed by atoms with Crippen LogP contribution >= 0.6 is 31.0 Å². The van der Waals surface area contributed by atoms with Crippen molar-refractivity contribution in [2.24, 2.45) is 0 Å². The number of halogens is 2. The third-order valence-electron chi connectivity index (χ3n) is 2.60. The zero-order valence-electron chi connectivity index (χ0n) is 12.3. The molecule has 21 heavy (non-hydrogen) atoms. The Labute approximate surface area is 136 Å². The van der Waals surface area contributed by atoms with Crippen LogP contribution in [0.3, 0.4) is 0 Å². The Bertz CT molecular complexity index is 468. The maximum absolute atomic E-state index is 12.6. The van der Waals surface area contributed by atoms with E-state index in [1.165, 1.54) is 6.07 Å². The molecule has 4 nitrogen and oxygen atoms in total. The number of hydrogen-bond acceptors (Lipinski definition) is 4. The lowest BCUT2D eigenvalue weighted by molar-refractivity contribution is 0.152. The molecule has 0 N–H and O–H groups in total. The molecule has 0 unspecified atom stereocenters. The van der Waals surface area contributed by atoms with Gasteiger partial charge in [0.15, 0.2) is 5.75 Å². The van der Waals surface area contributed by atoms with E-state index in [2.05, 4.69) is 0 Å². The summed E-state index contributed by atoms with van der Waals surface area (Å²) in [5.41, 5.74) is 0. The van der Waals surface area contributed by atoms with Gasteiger partial charge in [0.25, 0.3) is 0 Å². The van der Waals surface area contributed by atoms with E-state index in [9.17, 15) is 4.57 Å². The lowest BCUT2D eigenvalue weighted by atomic mass is 10.3. The van der Waals surface area contributed by atoms with E-state index in [4.69, 9.17) is 36.8 Å². The molecule has 0 aromatic heterocycles. The number of phosphoric acid groups is 1. The molecule has 0 saturated carbocycles. The Morgan fingerprint density at radius 3 is 2.14 bits per heavy atom. The number of unbranched alkanes of at least 4 members (excludes halogenated alkanes) is 2. The highest BCUT2D eigenvalue weighted by Gasteiger charge is 2.29. The SMILES string of the molecule is CCCCOP(=O)(OCCCC)Oc1cc(Cl)ccc1Cl. The summed E-state index contributed by atoms with van der Waals surface area (Å²) >= 11 is 11.9. The van der Waals surface area contributed by atoms with E-state index in [0.717, 1.165) is 25.7 Å². The minimum absolute atomic E-state index is 0.195. The highest BCUT2D eigenvalue weighted by Crippen LogP contribution is 2.51. The monoisotopic (exact) mass is 354 g/mol. The second-order valence-corrected chi connectivity index (χ2v) is 6.92. The first-order chi connectivity index (χ1) is 10.0. The van der Waals surface area contributed by atoms with Crippen LogP contribution in [-0.2, 0) is 13.6 Å². The summed E-state index contributed by atoms with van der Waals surface area (Å²) < 4.78 is 28.7. The number of hydrogen-bond donors (Lipinski definition) is 0. The molecule has 1 rings (SSSR count). The largest absolute Gasteiger partial charge is 0.530 e. The van der Waals surface area contributed by atoms with Gasteiger partial charge in [0.1, 0.15) is 0 Å². The van der Waals surface area contributed by atoms with Crippen molar-refractivity contribution in [3.05, 3.63) is 28.2 Å². The van der Waals surface area contributed by atoms with Gasteiger partial charge < -0.3 is 4.52 Å². The van der Waals surface area contributed by atoms with Crippen LogP contribution in [0.2, 0.25) is 10.0 Å². The minimum atomic E-state index is -3.69. The Hall–Kier alpha value is -0.250. The highest BCUT2D eigenvalue weighted by atomic mass is 35.5. The average Bonchev–Trinajstić information content (AvgIpc) is 2.43. The number of rotatable bonds is 10. The molecule has 0 aliphatic heterocycles. The van der Waals surface area contributed by atoms with E-state index in [1.807, 2.05) is 13.8 Å². The molecule has 0 aliphatic carbocycles. The molecular formula is C14H21Cl2O4P. The summed E-state index contributed by atoms with van der Waals surface area (Å²) in [6, 6.07) is 4.68. The predicted molar refractivity (Wildman–Crippen MR) is 86.4 cm³/mol. The molecule has 0 heterocycles. The molecule has 0 atom stereocenters. The smallest absolute Gasteiger partial charge is 0.402 e.